The van der Waals surface area contributed by atoms with Gasteiger partial charge in [-0.3, -0.25) is 4.79 Å². The summed E-state index contributed by atoms with van der Waals surface area (Å²) in [6.45, 7) is 3.98. The Bertz CT molecular complexity index is 306. The Labute approximate surface area is 98.1 Å². The van der Waals surface area contributed by atoms with Gasteiger partial charge in [0.15, 0.2) is 0 Å². The van der Waals surface area contributed by atoms with E-state index < -0.39 is 0 Å². The van der Waals surface area contributed by atoms with Crippen molar-refractivity contribution in [3.8, 4) is 0 Å². The average Bonchev–Trinajstić information content (AvgIpc) is 2.25. The lowest BCUT2D eigenvalue weighted by atomic mass is 10.1. The molecular weight excluding hydrogens is 198 g/mol. The zero-order valence-electron chi connectivity index (χ0n) is 10.2. The summed E-state index contributed by atoms with van der Waals surface area (Å²) in [4.78, 5) is 11.4. The van der Waals surface area contributed by atoms with E-state index in [2.05, 4.69) is 29.6 Å². The van der Waals surface area contributed by atoms with Crippen LogP contribution in [0.3, 0.4) is 0 Å². The molecule has 0 aliphatic heterocycles. The SMILES string of the molecule is CC(C)NC(=O)CCCCc1ccccc1. The third kappa shape index (κ3) is 5.54. The maximum atomic E-state index is 11.4. The van der Waals surface area contributed by atoms with Gasteiger partial charge in [-0.05, 0) is 38.7 Å². The van der Waals surface area contributed by atoms with Crippen LogP contribution in [0.4, 0.5) is 0 Å². The summed E-state index contributed by atoms with van der Waals surface area (Å²) in [5, 5.41) is 2.90. The first-order chi connectivity index (χ1) is 7.68. The van der Waals surface area contributed by atoms with Crippen LogP contribution in [0.15, 0.2) is 30.3 Å². The number of benzene rings is 1. The Balaban J connectivity index is 2.10. The Morgan fingerprint density at radius 1 is 1.19 bits per heavy atom. The number of nitrogens with one attached hydrogen (secondary N) is 1. The monoisotopic (exact) mass is 219 g/mol. The summed E-state index contributed by atoms with van der Waals surface area (Å²) in [7, 11) is 0. The molecule has 0 aliphatic rings. The number of unbranched alkanes of at least 4 members (excludes halogenated alkanes) is 1. The summed E-state index contributed by atoms with van der Waals surface area (Å²) in [6, 6.07) is 10.7. The van der Waals surface area contributed by atoms with Crippen LogP contribution in [-0.4, -0.2) is 11.9 Å². The molecule has 0 spiro atoms. The fraction of sp³-hybridized carbons (Fsp3) is 0.500. The molecule has 1 aromatic rings. The third-order valence-corrected chi connectivity index (χ3v) is 2.41. The molecule has 0 saturated heterocycles. The first kappa shape index (κ1) is 12.8. The lowest BCUT2D eigenvalue weighted by molar-refractivity contribution is -0.121. The van der Waals surface area contributed by atoms with Crippen LogP contribution in [0.1, 0.15) is 38.7 Å². The number of amides is 1. The molecule has 0 heterocycles. The van der Waals surface area contributed by atoms with E-state index in [0.717, 1.165) is 19.3 Å². The molecule has 0 saturated carbocycles. The molecule has 0 aliphatic carbocycles. The number of hydrogen-bond donors (Lipinski definition) is 1. The second kappa shape index (κ2) is 7.04. The maximum absolute atomic E-state index is 11.4. The van der Waals surface area contributed by atoms with Gasteiger partial charge in [0.05, 0.1) is 0 Å². The fourth-order valence-electron chi connectivity index (χ4n) is 1.65. The highest BCUT2D eigenvalue weighted by Gasteiger charge is 2.02. The molecule has 0 bridgehead atoms. The third-order valence-electron chi connectivity index (χ3n) is 2.41. The Morgan fingerprint density at radius 2 is 1.88 bits per heavy atom. The molecule has 2 heteroatoms. The highest BCUT2D eigenvalue weighted by atomic mass is 16.1. The maximum Gasteiger partial charge on any atom is 0.220 e. The molecule has 2 nitrogen and oxygen atoms in total. The van der Waals surface area contributed by atoms with Crippen molar-refractivity contribution in [1.29, 1.82) is 0 Å². The van der Waals surface area contributed by atoms with Gasteiger partial charge in [-0.25, -0.2) is 0 Å². The molecule has 1 aromatic carbocycles. The van der Waals surface area contributed by atoms with E-state index >= 15 is 0 Å². The summed E-state index contributed by atoms with van der Waals surface area (Å²) >= 11 is 0. The minimum atomic E-state index is 0.170. The Kier molecular flexibility index (Phi) is 5.62. The summed E-state index contributed by atoms with van der Waals surface area (Å²) in [5.41, 5.74) is 1.35. The van der Waals surface area contributed by atoms with Gasteiger partial charge in [0, 0.05) is 12.5 Å². The van der Waals surface area contributed by atoms with Gasteiger partial charge in [-0.2, -0.15) is 0 Å². The van der Waals surface area contributed by atoms with Crippen molar-refractivity contribution in [2.45, 2.75) is 45.6 Å². The number of hydrogen-bond acceptors (Lipinski definition) is 1. The standard InChI is InChI=1S/C14H21NO/c1-12(2)15-14(16)11-7-6-10-13-8-4-3-5-9-13/h3-5,8-9,12H,6-7,10-11H2,1-2H3,(H,15,16). The van der Waals surface area contributed by atoms with Crippen LogP contribution in [0.25, 0.3) is 0 Å². The smallest absolute Gasteiger partial charge is 0.220 e. The normalized spacial score (nSPS) is 10.4. The van der Waals surface area contributed by atoms with Gasteiger partial charge in [0.25, 0.3) is 0 Å². The van der Waals surface area contributed by atoms with Gasteiger partial charge in [0.2, 0.25) is 5.91 Å². The van der Waals surface area contributed by atoms with Crippen LogP contribution in [0.2, 0.25) is 0 Å². The van der Waals surface area contributed by atoms with E-state index in [1.807, 2.05) is 19.9 Å². The highest BCUT2D eigenvalue weighted by Crippen LogP contribution is 2.06. The molecule has 0 unspecified atom stereocenters. The predicted octanol–water partition coefficient (Wildman–Crippen LogP) is 2.92. The zero-order valence-corrected chi connectivity index (χ0v) is 10.2. The van der Waals surface area contributed by atoms with Crippen molar-refractivity contribution in [3.63, 3.8) is 0 Å². The van der Waals surface area contributed by atoms with Crippen LogP contribution in [-0.2, 0) is 11.2 Å². The molecule has 0 aromatic heterocycles. The molecule has 16 heavy (non-hydrogen) atoms. The highest BCUT2D eigenvalue weighted by molar-refractivity contribution is 5.76. The fourth-order valence-corrected chi connectivity index (χ4v) is 1.65. The number of rotatable bonds is 6. The van der Waals surface area contributed by atoms with Crippen LogP contribution in [0, 0.1) is 0 Å². The molecule has 0 radical (unpaired) electrons. The van der Waals surface area contributed by atoms with Crippen molar-refractivity contribution in [3.05, 3.63) is 35.9 Å². The van der Waals surface area contributed by atoms with E-state index in [-0.39, 0.29) is 11.9 Å². The number of aryl methyl sites for hydroxylation is 1. The first-order valence-corrected chi connectivity index (χ1v) is 6.02. The van der Waals surface area contributed by atoms with Crippen LogP contribution in [0.5, 0.6) is 0 Å². The van der Waals surface area contributed by atoms with Gasteiger partial charge in [-0.1, -0.05) is 30.3 Å². The first-order valence-electron chi connectivity index (χ1n) is 6.02. The largest absolute Gasteiger partial charge is 0.354 e. The predicted molar refractivity (Wildman–Crippen MR) is 67.3 cm³/mol. The number of carbonyl (C=O) groups is 1. The molecular formula is C14H21NO. The summed E-state index contributed by atoms with van der Waals surface area (Å²) in [5.74, 6) is 0.170. The Morgan fingerprint density at radius 3 is 2.50 bits per heavy atom. The van der Waals surface area contributed by atoms with Gasteiger partial charge < -0.3 is 5.32 Å². The molecule has 0 atom stereocenters. The van der Waals surface area contributed by atoms with E-state index in [4.69, 9.17) is 0 Å². The zero-order chi connectivity index (χ0) is 11.8. The summed E-state index contributed by atoms with van der Waals surface area (Å²) in [6.07, 6.45) is 3.75. The van der Waals surface area contributed by atoms with Gasteiger partial charge in [-0.15, -0.1) is 0 Å². The minimum absolute atomic E-state index is 0.170. The Hall–Kier alpha value is -1.31. The second-order valence-electron chi connectivity index (χ2n) is 4.41. The van der Waals surface area contributed by atoms with Crippen molar-refractivity contribution in [1.82, 2.24) is 5.32 Å². The molecule has 1 rings (SSSR count). The van der Waals surface area contributed by atoms with Crippen LogP contribution < -0.4 is 5.32 Å². The topological polar surface area (TPSA) is 29.1 Å². The van der Waals surface area contributed by atoms with Crippen molar-refractivity contribution >= 4 is 5.91 Å². The van der Waals surface area contributed by atoms with Crippen LogP contribution >= 0.6 is 0 Å². The second-order valence-corrected chi connectivity index (χ2v) is 4.41. The quantitative estimate of drug-likeness (QED) is 0.732. The van der Waals surface area contributed by atoms with E-state index in [0.29, 0.717) is 6.42 Å². The van der Waals surface area contributed by atoms with E-state index in [1.165, 1.54) is 5.56 Å². The van der Waals surface area contributed by atoms with E-state index in [1.54, 1.807) is 0 Å². The lowest BCUT2D eigenvalue weighted by Gasteiger charge is -2.07. The number of carbonyl (C=O) groups excluding carboxylic acids is 1. The van der Waals surface area contributed by atoms with E-state index in [9.17, 15) is 4.79 Å². The minimum Gasteiger partial charge on any atom is -0.354 e. The molecule has 88 valence electrons. The molecule has 1 N–H and O–H groups in total. The van der Waals surface area contributed by atoms with Gasteiger partial charge in [0.1, 0.15) is 0 Å². The molecule has 1 amide bonds. The van der Waals surface area contributed by atoms with Gasteiger partial charge >= 0.3 is 0 Å². The molecule has 0 fully saturated rings. The summed E-state index contributed by atoms with van der Waals surface area (Å²) < 4.78 is 0. The lowest BCUT2D eigenvalue weighted by Crippen LogP contribution is -2.29. The van der Waals surface area contributed by atoms with Crippen molar-refractivity contribution in [2.24, 2.45) is 0 Å². The average molecular weight is 219 g/mol. The van der Waals surface area contributed by atoms with Crippen molar-refractivity contribution in [2.75, 3.05) is 0 Å². The van der Waals surface area contributed by atoms with Crippen molar-refractivity contribution < 1.29 is 4.79 Å².